The number of anilines is 1. The number of piperazine rings is 1. The van der Waals surface area contributed by atoms with Gasteiger partial charge in [0.2, 0.25) is 0 Å². The van der Waals surface area contributed by atoms with Crippen LogP contribution < -0.4 is 9.64 Å². The molecule has 2 aliphatic heterocycles. The highest BCUT2D eigenvalue weighted by atomic mass is 19.1. The van der Waals surface area contributed by atoms with E-state index in [0.29, 0.717) is 48.0 Å². The minimum Gasteiger partial charge on any atom is -0.494 e. The van der Waals surface area contributed by atoms with E-state index in [4.69, 9.17) is 4.74 Å². The first-order valence-electron chi connectivity index (χ1n) is 10.0. The number of rotatable bonds is 5. The number of carbonyl (C=O) groups excluding carboxylic acids is 2. The van der Waals surface area contributed by atoms with Crippen molar-refractivity contribution in [3.63, 3.8) is 0 Å². The normalized spacial score (nSPS) is 17.8. The Balaban J connectivity index is 1.76. The lowest BCUT2D eigenvalue weighted by Gasteiger charge is -2.34. The fourth-order valence-electron chi connectivity index (χ4n) is 3.81. The second kappa shape index (κ2) is 8.28. The fourth-order valence-corrected chi connectivity index (χ4v) is 3.81. The number of hydrogen-bond acceptors (Lipinski definition) is 5. The molecule has 2 aliphatic rings. The van der Waals surface area contributed by atoms with Crippen LogP contribution in [0.3, 0.4) is 0 Å². The van der Waals surface area contributed by atoms with Crippen molar-refractivity contribution in [1.29, 1.82) is 0 Å². The van der Waals surface area contributed by atoms with Gasteiger partial charge in [-0.3, -0.25) is 9.59 Å². The summed E-state index contributed by atoms with van der Waals surface area (Å²) in [5.74, 6) is -0.489. The van der Waals surface area contributed by atoms with Gasteiger partial charge in [-0.15, -0.1) is 0 Å². The monoisotopic (exact) mass is 409 g/mol. The van der Waals surface area contributed by atoms with Crippen molar-refractivity contribution in [1.82, 2.24) is 9.80 Å². The summed E-state index contributed by atoms with van der Waals surface area (Å²) in [4.78, 5) is 32.1. The van der Waals surface area contributed by atoms with Gasteiger partial charge in [0.25, 0.3) is 11.8 Å². The van der Waals surface area contributed by atoms with Crippen molar-refractivity contribution in [3.05, 3.63) is 65.6 Å². The quantitative estimate of drug-likeness (QED) is 0.711. The molecule has 6 nitrogen and oxygen atoms in total. The first-order chi connectivity index (χ1) is 14.5. The van der Waals surface area contributed by atoms with Crippen LogP contribution in [0.5, 0.6) is 5.75 Å². The van der Waals surface area contributed by atoms with Gasteiger partial charge in [-0.25, -0.2) is 9.29 Å². The van der Waals surface area contributed by atoms with Gasteiger partial charge in [0.15, 0.2) is 0 Å². The highest BCUT2D eigenvalue weighted by Gasteiger charge is 2.42. The lowest BCUT2D eigenvalue weighted by Crippen LogP contribution is -2.46. The van der Waals surface area contributed by atoms with E-state index in [1.807, 2.05) is 18.9 Å². The molecule has 7 heteroatoms. The largest absolute Gasteiger partial charge is 0.494 e. The number of nitrogens with zero attached hydrogens (tertiary/aromatic N) is 3. The van der Waals surface area contributed by atoms with E-state index in [1.165, 1.54) is 24.3 Å². The molecule has 0 radical (unpaired) electrons. The number of halogens is 1. The van der Waals surface area contributed by atoms with Crippen LogP contribution in [0.25, 0.3) is 5.57 Å². The van der Waals surface area contributed by atoms with Crippen molar-refractivity contribution in [2.24, 2.45) is 0 Å². The average Bonchev–Trinajstić information content (AvgIpc) is 3.00. The van der Waals surface area contributed by atoms with Crippen LogP contribution in [0, 0.1) is 5.82 Å². The van der Waals surface area contributed by atoms with E-state index in [2.05, 4.69) is 4.90 Å². The van der Waals surface area contributed by atoms with Crippen LogP contribution in [0.4, 0.5) is 10.1 Å². The van der Waals surface area contributed by atoms with Gasteiger partial charge in [-0.2, -0.15) is 0 Å². The average molecular weight is 409 g/mol. The van der Waals surface area contributed by atoms with Gasteiger partial charge >= 0.3 is 0 Å². The molecule has 1 fully saturated rings. The van der Waals surface area contributed by atoms with E-state index in [9.17, 15) is 14.0 Å². The maximum atomic E-state index is 13.4. The maximum Gasteiger partial charge on any atom is 0.282 e. The molecule has 30 heavy (non-hydrogen) atoms. The minimum absolute atomic E-state index is 0.360. The number of amides is 2. The van der Waals surface area contributed by atoms with E-state index in [1.54, 1.807) is 24.3 Å². The summed E-state index contributed by atoms with van der Waals surface area (Å²) in [5, 5.41) is 0. The third-order valence-corrected chi connectivity index (χ3v) is 5.42. The summed E-state index contributed by atoms with van der Waals surface area (Å²) in [6.45, 7) is 5.37. The van der Waals surface area contributed by atoms with Crippen LogP contribution in [0.15, 0.2) is 54.2 Å². The molecule has 0 saturated carbocycles. The number of imide groups is 1. The molecule has 0 spiro atoms. The fraction of sp³-hybridized carbons (Fsp3) is 0.304. The molecule has 0 bridgehead atoms. The van der Waals surface area contributed by atoms with Crippen LogP contribution in [-0.4, -0.2) is 61.4 Å². The van der Waals surface area contributed by atoms with Crippen molar-refractivity contribution in [2.45, 2.75) is 6.92 Å². The number of likely N-dealkylation sites (N-methyl/N-ethyl adjacent to an activating group) is 1. The molecular formula is C23H24FN3O3. The molecule has 2 aromatic carbocycles. The Hall–Kier alpha value is -3.19. The van der Waals surface area contributed by atoms with E-state index < -0.39 is 11.7 Å². The second-order valence-electron chi connectivity index (χ2n) is 7.39. The van der Waals surface area contributed by atoms with Crippen molar-refractivity contribution in [2.75, 3.05) is 44.7 Å². The summed E-state index contributed by atoms with van der Waals surface area (Å²) in [6, 6.07) is 12.6. The summed E-state index contributed by atoms with van der Waals surface area (Å²) in [6.07, 6.45) is 0. The Morgan fingerprint density at radius 1 is 0.900 bits per heavy atom. The van der Waals surface area contributed by atoms with E-state index in [0.717, 1.165) is 18.0 Å². The summed E-state index contributed by atoms with van der Waals surface area (Å²) < 4.78 is 18.9. The van der Waals surface area contributed by atoms with Gasteiger partial charge in [0.05, 0.1) is 17.9 Å². The zero-order valence-electron chi connectivity index (χ0n) is 17.1. The SMILES string of the molecule is CCOc1ccc(C2=C(N3CCN(C)CC3)C(=O)N(c3ccc(F)cc3)C2=O)cc1. The third kappa shape index (κ3) is 3.68. The van der Waals surface area contributed by atoms with Crippen LogP contribution in [-0.2, 0) is 9.59 Å². The molecule has 4 rings (SSSR count). The molecule has 2 amide bonds. The Morgan fingerprint density at radius 2 is 1.53 bits per heavy atom. The Kier molecular flexibility index (Phi) is 5.55. The molecule has 0 N–H and O–H groups in total. The highest BCUT2D eigenvalue weighted by Crippen LogP contribution is 2.35. The molecule has 0 atom stereocenters. The van der Waals surface area contributed by atoms with Crippen molar-refractivity contribution >= 4 is 23.1 Å². The molecule has 0 aliphatic carbocycles. The van der Waals surface area contributed by atoms with Gasteiger partial charge in [0, 0.05) is 26.2 Å². The summed E-state index contributed by atoms with van der Waals surface area (Å²) in [5.41, 5.74) is 1.80. The zero-order chi connectivity index (χ0) is 21.3. The smallest absolute Gasteiger partial charge is 0.282 e. The number of carbonyl (C=O) groups is 2. The molecule has 1 saturated heterocycles. The standard InChI is InChI=1S/C23H24FN3O3/c1-3-30-19-10-4-16(5-11-19)20-21(26-14-12-25(2)13-15-26)23(29)27(22(20)28)18-8-6-17(24)7-9-18/h4-11H,3,12-15H2,1-2H3. The topological polar surface area (TPSA) is 53.1 Å². The van der Waals surface area contributed by atoms with E-state index >= 15 is 0 Å². The van der Waals surface area contributed by atoms with Gasteiger partial charge < -0.3 is 14.5 Å². The Morgan fingerprint density at radius 3 is 2.13 bits per heavy atom. The van der Waals surface area contributed by atoms with Crippen LogP contribution in [0.1, 0.15) is 12.5 Å². The first-order valence-corrected chi connectivity index (χ1v) is 10.0. The van der Waals surface area contributed by atoms with Gasteiger partial charge in [-0.05, 0) is 55.9 Å². The third-order valence-electron chi connectivity index (χ3n) is 5.42. The Bertz CT molecular complexity index is 978. The predicted molar refractivity (Wildman–Crippen MR) is 112 cm³/mol. The number of ether oxygens (including phenoxy) is 1. The highest BCUT2D eigenvalue weighted by molar-refractivity contribution is 6.45. The molecule has 2 heterocycles. The lowest BCUT2D eigenvalue weighted by molar-refractivity contribution is -0.120. The summed E-state index contributed by atoms with van der Waals surface area (Å²) in [7, 11) is 2.03. The molecule has 0 aromatic heterocycles. The maximum absolute atomic E-state index is 13.4. The molecule has 0 unspecified atom stereocenters. The molecule has 156 valence electrons. The summed E-state index contributed by atoms with van der Waals surface area (Å²) >= 11 is 0. The van der Waals surface area contributed by atoms with Gasteiger partial charge in [0.1, 0.15) is 17.3 Å². The van der Waals surface area contributed by atoms with Crippen LogP contribution >= 0.6 is 0 Å². The lowest BCUT2D eigenvalue weighted by atomic mass is 10.0. The predicted octanol–water partition coefficient (Wildman–Crippen LogP) is 2.76. The second-order valence-corrected chi connectivity index (χ2v) is 7.39. The minimum atomic E-state index is -0.420. The Labute approximate surface area is 175 Å². The molecule has 2 aromatic rings. The van der Waals surface area contributed by atoms with E-state index in [-0.39, 0.29) is 5.91 Å². The first kappa shape index (κ1) is 20.1. The number of benzene rings is 2. The molecular weight excluding hydrogens is 385 g/mol. The zero-order valence-corrected chi connectivity index (χ0v) is 17.1. The van der Waals surface area contributed by atoms with Gasteiger partial charge in [-0.1, -0.05) is 12.1 Å². The number of hydrogen-bond donors (Lipinski definition) is 0. The van der Waals surface area contributed by atoms with Crippen molar-refractivity contribution in [3.8, 4) is 5.75 Å². The van der Waals surface area contributed by atoms with Crippen molar-refractivity contribution < 1.29 is 18.7 Å². The van der Waals surface area contributed by atoms with Crippen LogP contribution in [0.2, 0.25) is 0 Å².